The van der Waals surface area contributed by atoms with Gasteiger partial charge in [0.15, 0.2) is 5.76 Å². The molecular formula is C38H48ClF3N4O6. The van der Waals surface area contributed by atoms with E-state index in [1.807, 2.05) is 18.2 Å². The molecule has 0 radical (unpaired) electrons. The summed E-state index contributed by atoms with van der Waals surface area (Å²) in [6.07, 6.45) is 2.99. The van der Waals surface area contributed by atoms with Crippen molar-refractivity contribution in [3.05, 3.63) is 70.9 Å². The van der Waals surface area contributed by atoms with Crippen LogP contribution in [0.1, 0.15) is 67.5 Å². The van der Waals surface area contributed by atoms with E-state index in [1.54, 1.807) is 24.3 Å². The number of ether oxygens (including phenoxy) is 1. The maximum absolute atomic E-state index is 14.0. The van der Waals surface area contributed by atoms with E-state index in [2.05, 4.69) is 32.6 Å². The third kappa shape index (κ3) is 11.4. The Morgan fingerprint density at radius 3 is 2.27 bits per heavy atom. The Kier molecular flexibility index (Phi) is 14.0. The van der Waals surface area contributed by atoms with Crippen LogP contribution < -0.4 is 10.6 Å². The van der Waals surface area contributed by atoms with Gasteiger partial charge in [-0.2, -0.15) is 13.2 Å². The molecule has 14 heteroatoms. The molecule has 3 aromatic rings. The molecule has 284 valence electrons. The Bertz CT molecular complexity index is 1620. The average Bonchev–Trinajstić information content (AvgIpc) is 3.78. The van der Waals surface area contributed by atoms with Crippen LogP contribution in [0, 0.1) is 5.92 Å². The summed E-state index contributed by atoms with van der Waals surface area (Å²) in [7, 11) is 0. The standard InChI is InChI=1S/C36H47ClN4O4.C2HF3O2/c37-30-10-11-32-29(24-30)25-33(45-32)34(42)39-36(14-4-5-15-36)35(43)38-31(23-27-7-2-1-3-8-27)9-6-16-40-17-19-41(20-18-40)26-28-12-21-44-22-13-28;3-2(4,5)1(6)7/h1-3,7-8,10-11,24-25,28,31H,4-6,9,12-23,26H2,(H,38,43)(H,39,42);(H,6,7)/t31-;/m0./s1. The normalized spacial score (nSPS) is 19.1. The van der Waals surface area contributed by atoms with E-state index in [-0.39, 0.29) is 23.6 Å². The number of nitrogens with zero attached hydrogens (tertiary/aromatic N) is 2. The number of nitrogens with one attached hydrogen (secondary N) is 2. The van der Waals surface area contributed by atoms with Crippen molar-refractivity contribution in [2.75, 3.05) is 52.5 Å². The van der Waals surface area contributed by atoms with Crippen molar-refractivity contribution in [1.82, 2.24) is 20.4 Å². The molecule has 1 aromatic heterocycles. The number of hydrogen-bond acceptors (Lipinski definition) is 7. The lowest BCUT2D eigenvalue weighted by atomic mass is 9.93. The lowest BCUT2D eigenvalue weighted by Crippen LogP contribution is -2.59. The highest BCUT2D eigenvalue weighted by molar-refractivity contribution is 6.31. The van der Waals surface area contributed by atoms with E-state index in [0.29, 0.717) is 23.4 Å². The van der Waals surface area contributed by atoms with Crippen LogP contribution in [0.2, 0.25) is 5.02 Å². The highest BCUT2D eigenvalue weighted by atomic mass is 35.5. The second-order valence-electron chi connectivity index (χ2n) is 14.0. The quantitative estimate of drug-likeness (QED) is 0.197. The predicted octanol–water partition coefficient (Wildman–Crippen LogP) is 6.31. The van der Waals surface area contributed by atoms with Gasteiger partial charge in [0.2, 0.25) is 5.91 Å². The summed E-state index contributed by atoms with van der Waals surface area (Å²) in [5.74, 6) is -2.24. The highest BCUT2D eigenvalue weighted by Gasteiger charge is 2.44. The summed E-state index contributed by atoms with van der Waals surface area (Å²) < 4.78 is 43.1. The van der Waals surface area contributed by atoms with E-state index in [0.717, 1.165) is 89.3 Å². The van der Waals surface area contributed by atoms with Gasteiger partial charge in [-0.15, -0.1) is 0 Å². The molecular weight excluding hydrogens is 701 g/mol. The van der Waals surface area contributed by atoms with E-state index in [9.17, 15) is 22.8 Å². The van der Waals surface area contributed by atoms with Crippen molar-refractivity contribution in [3.8, 4) is 0 Å². The third-order valence-corrected chi connectivity index (χ3v) is 10.4. The van der Waals surface area contributed by atoms with Gasteiger partial charge in [0.25, 0.3) is 5.91 Å². The molecule has 1 aliphatic carbocycles. The zero-order valence-electron chi connectivity index (χ0n) is 29.3. The number of alkyl halides is 3. The Morgan fingerprint density at radius 2 is 1.62 bits per heavy atom. The highest BCUT2D eigenvalue weighted by Crippen LogP contribution is 2.32. The minimum Gasteiger partial charge on any atom is -0.475 e. The molecule has 1 saturated carbocycles. The molecule has 0 bridgehead atoms. The maximum Gasteiger partial charge on any atom is 0.490 e. The molecule has 3 heterocycles. The first-order valence-corrected chi connectivity index (χ1v) is 18.5. The van der Waals surface area contributed by atoms with Gasteiger partial charge < -0.3 is 34.7 Å². The summed E-state index contributed by atoms with van der Waals surface area (Å²) in [5, 5.41) is 15.0. The van der Waals surface area contributed by atoms with Crippen LogP contribution >= 0.6 is 11.6 Å². The van der Waals surface area contributed by atoms with E-state index >= 15 is 0 Å². The van der Waals surface area contributed by atoms with Crippen molar-refractivity contribution in [3.63, 3.8) is 0 Å². The van der Waals surface area contributed by atoms with Gasteiger partial charge in [-0.05, 0) is 87.2 Å². The summed E-state index contributed by atoms with van der Waals surface area (Å²) in [5.41, 5.74) is 0.858. The molecule has 3 aliphatic rings. The molecule has 3 fully saturated rings. The Labute approximate surface area is 307 Å². The Hall–Kier alpha value is -3.65. The monoisotopic (exact) mass is 748 g/mol. The van der Waals surface area contributed by atoms with Gasteiger partial charge in [0.1, 0.15) is 11.1 Å². The van der Waals surface area contributed by atoms with Crippen LogP contribution in [0.3, 0.4) is 0 Å². The van der Waals surface area contributed by atoms with Crippen molar-refractivity contribution in [2.24, 2.45) is 5.92 Å². The number of carbonyl (C=O) groups is 3. The number of rotatable bonds is 12. The van der Waals surface area contributed by atoms with Gasteiger partial charge in [-0.3, -0.25) is 9.59 Å². The molecule has 52 heavy (non-hydrogen) atoms. The number of aliphatic carboxylic acids is 1. The van der Waals surface area contributed by atoms with Gasteiger partial charge in [0.05, 0.1) is 0 Å². The van der Waals surface area contributed by atoms with Crippen LogP contribution in [0.5, 0.6) is 0 Å². The molecule has 2 saturated heterocycles. The summed E-state index contributed by atoms with van der Waals surface area (Å²) in [6.45, 7) is 8.51. The van der Waals surface area contributed by atoms with Crippen molar-refractivity contribution < 1.29 is 41.8 Å². The minimum atomic E-state index is -5.08. The lowest BCUT2D eigenvalue weighted by molar-refractivity contribution is -0.192. The van der Waals surface area contributed by atoms with E-state index in [1.165, 1.54) is 24.9 Å². The SMILES string of the molecule is O=C(NC1(C(=O)N[C@@H](CCCN2CCN(CC3CCOCC3)CC2)Cc2ccccc2)CCCC1)c1cc2cc(Cl)ccc2o1.O=C(O)C(F)(F)F. The van der Waals surface area contributed by atoms with Crippen molar-refractivity contribution in [1.29, 1.82) is 0 Å². The number of amides is 2. The topological polar surface area (TPSA) is 124 Å². The molecule has 1 atom stereocenters. The number of hydrogen-bond donors (Lipinski definition) is 3. The first-order chi connectivity index (χ1) is 24.9. The average molecular weight is 749 g/mol. The smallest absolute Gasteiger partial charge is 0.475 e. The fourth-order valence-electron chi connectivity index (χ4n) is 7.29. The third-order valence-electron chi connectivity index (χ3n) is 10.2. The van der Waals surface area contributed by atoms with Crippen LogP contribution in [0.25, 0.3) is 11.0 Å². The number of halogens is 4. The largest absolute Gasteiger partial charge is 0.490 e. The molecule has 3 N–H and O–H groups in total. The fourth-order valence-corrected chi connectivity index (χ4v) is 7.47. The van der Waals surface area contributed by atoms with Crippen LogP contribution in [-0.4, -0.2) is 103 Å². The summed E-state index contributed by atoms with van der Waals surface area (Å²) >= 11 is 6.13. The first kappa shape index (κ1) is 39.6. The Balaban J connectivity index is 0.000000679. The zero-order chi connectivity index (χ0) is 37.1. The second kappa shape index (κ2) is 18.4. The van der Waals surface area contributed by atoms with Crippen molar-refractivity contribution in [2.45, 2.75) is 75.5 Å². The zero-order valence-corrected chi connectivity index (χ0v) is 30.0. The molecule has 10 nitrogen and oxygen atoms in total. The van der Waals surface area contributed by atoms with Gasteiger partial charge in [-0.25, -0.2) is 4.79 Å². The molecule has 2 aromatic carbocycles. The molecule has 0 spiro atoms. The molecule has 0 unspecified atom stereocenters. The second-order valence-corrected chi connectivity index (χ2v) is 14.5. The van der Waals surface area contributed by atoms with Crippen LogP contribution in [0.15, 0.2) is 59.0 Å². The van der Waals surface area contributed by atoms with Gasteiger partial charge in [-0.1, -0.05) is 54.8 Å². The molecule has 6 rings (SSSR count). The number of carboxylic acids is 1. The molecule has 2 amide bonds. The number of benzene rings is 2. The van der Waals surface area contributed by atoms with Gasteiger partial charge in [0, 0.05) is 62.4 Å². The first-order valence-electron chi connectivity index (χ1n) is 18.1. The van der Waals surface area contributed by atoms with Crippen molar-refractivity contribution >= 4 is 40.4 Å². The number of piperazine rings is 1. The van der Waals surface area contributed by atoms with E-state index < -0.39 is 17.7 Å². The number of carbonyl (C=O) groups excluding carboxylic acids is 2. The van der Waals surface area contributed by atoms with Gasteiger partial charge >= 0.3 is 12.1 Å². The summed E-state index contributed by atoms with van der Waals surface area (Å²) in [6, 6.07) is 17.3. The van der Waals surface area contributed by atoms with E-state index in [4.69, 9.17) is 30.7 Å². The Morgan fingerprint density at radius 1 is 0.962 bits per heavy atom. The van der Waals surface area contributed by atoms with Crippen LogP contribution in [0.4, 0.5) is 13.2 Å². The molecule has 2 aliphatic heterocycles. The lowest BCUT2D eigenvalue weighted by Gasteiger charge is -2.37. The maximum atomic E-state index is 14.0. The predicted molar refractivity (Wildman–Crippen MR) is 191 cm³/mol. The van der Waals surface area contributed by atoms with Crippen LogP contribution in [-0.2, 0) is 20.7 Å². The number of furan rings is 1. The number of fused-ring (bicyclic) bond motifs is 1. The fraction of sp³-hybridized carbons (Fsp3) is 0.553. The minimum absolute atomic E-state index is 0.0163. The summed E-state index contributed by atoms with van der Waals surface area (Å²) in [4.78, 5) is 41.5. The number of carboxylic acid groups (broad SMARTS) is 1.